The molecule has 0 radical (unpaired) electrons. The number of halogens is 1. The molecule has 4 rings (SSSR count). The van der Waals surface area contributed by atoms with E-state index in [2.05, 4.69) is 22.0 Å². The Kier molecular flexibility index (Phi) is 4.10. The third-order valence-corrected chi connectivity index (χ3v) is 5.95. The normalized spacial score (nSPS) is 15.3. The molecule has 0 amide bonds. The largest absolute Gasteiger partial charge is 0.461 e. The first kappa shape index (κ1) is 15.7. The number of aromatic nitrogens is 2. The Morgan fingerprint density at radius 3 is 2.88 bits per heavy atom. The lowest BCUT2D eigenvalue weighted by molar-refractivity contribution is 0.0520. The molecule has 3 heterocycles. The molecule has 1 saturated heterocycles. The zero-order valence-electron chi connectivity index (χ0n) is 13.4. The maximum absolute atomic E-state index is 11.8. The molecule has 1 aromatic carbocycles. The summed E-state index contributed by atoms with van der Waals surface area (Å²) >= 11 is 8.20. The first-order valence-corrected chi connectivity index (χ1v) is 9.40. The zero-order valence-corrected chi connectivity index (χ0v) is 15.0. The van der Waals surface area contributed by atoms with Crippen molar-refractivity contribution < 1.29 is 9.53 Å². The summed E-state index contributed by atoms with van der Waals surface area (Å²) in [5.74, 6) is -0.391. The van der Waals surface area contributed by atoms with Crippen LogP contribution in [0.3, 0.4) is 0 Å². The number of hydrogen-bond donors (Lipinski definition) is 0. The maximum Gasteiger partial charge on any atom is 0.358 e. The van der Waals surface area contributed by atoms with Gasteiger partial charge in [-0.05, 0) is 38.3 Å². The second kappa shape index (κ2) is 6.26. The van der Waals surface area contributed by atoms with E-state index in [0.717, 1.165) is 39.0 Å². The number of piperidine rings is 1. The molecular weight excluding hydrogens is 346 g/mol. The van der Waals surface area contributed by atoms with Crippen LogP contribution in [0.25, 0.3) is 15.2 Å². The number of hydrogen-bond acceptors (Lipinski definition) is 5. The highest BCUT2D eigenvalue weighted by atomic mass is 35.5. The summed E-state index contributed by atoms with van der Waals surface area (Å²) in [6, 6.07) is 4.14. The molecule has 126 valence electrons. The third kappa shape index (κ3) is 2.54. The Balaban J connectivity index is 1.77. The summed E-state index contributed by atoms with van der Waals surface area (Å²) < 4.78 is 7.94. The van der Waals surface area contributed by atoms with E-state index in [0.29, 0.717) is 12.3 Å². The van der Waals surface area contributed by atoms with Gasteiger partial charge in [0.25, 0.3) is 0 Å². The fourth-order valence-corrected chi connectivity index (χ4v) is 4.64. The first-order chi connectivity index (χ1) is 11.7. The van der Waals surface area contributed by atoms with Crippen LogP contribution in [0.15, 0.2) is 18.3 Å². The molecule has 5 nitrogen and oxygen atoms in total. The van der Waals surface area contributed by atoms with Crippen LogP contribution in [0, 0.1) is 0 Å². The van der Waals surface area contributed by atoms with E-state index in [4.69, 9.17) is 16.3 Å². The molecule has 0 N–H and O–H groups in total. The third-order valence-electron chi connectivity index (χ3n) is 4.36. The van der Waals surface area contributed by atoms with E-state index in [1.54, 1.807) is 13.1 Å². The Morgan fingerprint density at radius 1 is 1.33 bits per heavy atom. The lowest BCUT2D eigenvalue weighted by Gasteiger charge is -2.29. The smallest absolute Gasteiger partial charge is 0.358 e. The van der Waals surface area contributed by atoms with Crippen molar-refractivity contribution in [2.24, 2.45) is 0 Å². The highest BCUT2D eigenvalue weighted by Gasteiger charge is 2.20. The van der Waals surface area contributed by atoms with Gasteiger partial charge in [0.15, 0.2) is 10.7 Å². The van der Waals surface area contributed by atoms with Crippen LogP contribution in [0.2, 0.25) is 5.02 Å². The molecule has 3 aromatic rings. The van der Waals surface area contributed by atoms with Crippen LogP contribution in [0.1, 0.15) is 36.7 Å². The highest BCUT2D eigenvalue weighted by molar-refractivity contribution is 7.24. The molecule has 1 fully saturated rings. The number of carbonyl (C=O) groups excluding carboxylic acids is 1. The average Bonchev–Trinajstić information content (AvgIpc) is 3.15. The monoisotopic (exact) mass is 363 g/mol. The number of rotatable bonds is 3. The predicted octanol–water partition coefficient (Wildman–Crippen LogP) is 4.37. The Bertz CT molecular complexity index is 911. The van der Waals surface area contributed by atoms with Gasteiger partial charge in [-0.1, -0.05) is 22.9 Å². The quantitative estimate of drug-likeness (QED) is 0.648. The van der Waals surface area contributed by atoms with Crippen molar-refractivity contribution in [2.75, 3.05) is 24.6 Å². The number of ether oxygens (including phenoxy) is 1. The van der Waals surface area contributed by atoms with Crippen LogP contribution in [0.5, 0.6) is 0 Å². The summed E-state index contributed by atoms with van der Waals surface area (Å²) in [6.07, 6.45) is 5.44. The summed E-state index contributed by atoms with van der Waals surface area (Å²) in [5.41, 5.74) is 2.41. The van der Waals surface area contributed by atoms with Gasteiger partial charge < -0.3 is 9.64 Å². The molecular formula is C17H18ClN3O2S. The van der Waals surface area contributed by atoms with Crippen molar-refractivity contribution in [3.05, 3.63) is 29.0 Å². The second-order valence-corrected chi connectivity index (χ2v) is 7.25. The number of anilines is 1. The minimum absolute atomic E-state index is 0.334. The minimum atomic E-state index is -0.391. The molecule has 0 unspecified atom stereocenters. The molecule has 24 heavy (non-hydrogen) atoms. The number of imidazole rings is 1. The number of thiazole rings is 1. The summed E-state index contributed by atoms with van der Waals surface area (Å²) in [7, 11) is 0. The van der Waals surface area contributed by atoms with E-state index < -0.39 is 5.97 Å². The van der Waals surface area contributed by atoms with Gasteiger partial charge in [0.2, 0.25) is 0 Å². The number of nitrogens with zero attached hydrogens (tertiary/aromatic N) is 3. The molecule has 1 aliphatic rings. The lowest BCUT2D eigenvalue weighted by atomic mass is 10.1. The summed E-state index contributed by atoms with van der Waals surface area (Å²) in [5, 5.41) is 0.780. The van der Waals surface area contributed by atoms with Crippen LogP contribution >= 0.6 is 22.9 Å². The SMILES string of the molecule is CCOC(=O)c1cn2c(n1)sc1c(Cl)c(N3CCCCC3)ccc12. The molecule has 0 saturated carbocycles. The van der Waals surface area contributed by atoms with Crippen molar-refractivity contribution >= 4 is 49.8 Å². The number of carbonyl (C=O) groups is 1. The minimum Gasteiger partial charge on any atom is -0.461 e. The van der Waals surface area contributed by atoms with E-state index >= 15 is 0 Å². The van der Waals surface area contributed by atoms with Gasteiger partial charge in [-0.3, -0.25) is 4.40 Å². The van der Waals surface area contributed by atoms with E-state index in [9.17, 15) is 4.79 Å². The fourth-order valence-electron chi connectivity index (χ4n) is 3.20. The Hall–Kier alpha value is -1.79. The lowest BCUT2D eigenvalue weighted by Crippen LogP contribution is -2.29. The van der Waals surface area contributed by atoms with E-state index in [1.807, 2.05) is 4.40 Å². The zero-order chi connectivity index (χ0) is 16.7. The number of fused-ring (bicyclic) bond motifs is 3. The van der Waals surface area contributed by atoms with Gasteiger partial charge in [0.1, 0.15) is 0 Å². The highest BCUT2D eigenvalue weighted by Crippen LogP contribution is 2.39. The summed E-state index contributed by atoms with van der Waals surface area (Å²) in [4.78, 5) is 19.4. The molecule has 7 heteroatoms. The van der Waals surface area contributed by atoms with Crippen molar-refractivity contribution in [3.63, 3.8) is 0 Å². The van der Waals surface area contributed by atoms with Gasteiger partial charge in [-0.15, -0.1) is 0 Å². The topological polar surface area (TPSA) is 46.8 Å². The second-order valence-electron chi connectivity index (χ2n) is 5.90. The van der Waals surface area contributed by atoms with Crippen LogP contribution in [0.4, 0.5) is 5.69 Å². The fraction of sp³-hybridized carbons (Fsp3) is 0.412. The van der Waals surface area contributed by atoms with Crippen molar-refractivity contribution in [1.29, 1.82) is 0 Å². The van der Waals surface area contributed by atoms with E-state index in [1.165, 1.54) is 30.6 Å². The molecule has 0 aliphatic carbocycles. The van der Waals surface area contributed by atoms with Crippen molar-refractivity contribution in [2.45, 2.75) is 26.2 Å². The van der Waals surface area contributed by atoms with Gasteiger partial charge in [-0.2, -0.15) is 0 Å². The van der Waals surface area contributed by atoms with Crippen LogP contribution in [-0.4, -0.2) is 35.1 Å². The number of esters is 1. The maximum atomic E-state index is 11.8. The summed E-state index contributed by atoms with van der Waals surface area (Å²) in [6.45, 7) is 4.24. The molecule has 0 bridgehead atoms. The van der Waals surface area contributed by atoms with Gasteiger partial charge in [-0.25, -0.2) is 9.78 Å². The Labute approximate surface area is 148 Å². The average molecular weight is 364 g/mol. The number of benzene rings is 1. The van der Waals surface area contributed by atoms with Crippen molar-refractivity contribution in [3.8, 4) is 0 Å². The standard InChI is InChI=1S/C17H18ClN3O2S/c1-2-23-16(22)11-10-21-13-7-6-12(20-8-4-3-5-9-20)14(18)15(13)24-17(21)19-11/h6-7,10H,2-5,8-9H2,1H3. The Morgan fingerprint density at radius 2 is 2.12 bits per heavy atom. The predicted molar refractivity (Wildman–Crippen MR) is 97.6 cm³/mol. The van der Waals surface area contributed by atoms with Crippen LogP contribution in [-0.2, 0) is 4.74 Å². The van der Waals surface area contributed by atoms with Gasteiger partial charge in [0.05, 0.1) is 27.5 Å². The molecule has 0 spiro atoms. The van der Waals surface area contributed by atoms with Gasteiger partial charge >= 0.3 is 5.97 Å². The van der Waals surface area contributed by atoms with Crippen LogP contribution < -0.4 is 4.90 Å². The molecule has 2 aromatic heterocycles. The molecule has 0 atom stereocenters. The first-order valence-electron chi connectivity index (χ1n) is 8.21. The van der Waals surface area contributed by atoms with Gasteiger partial charge in [0, 0.05) is 19.3 Å². The van der Waals surface area contributed by atoms with Crippen molar-refractivity contribution in [1.82, 2.24) is 9.38 Å². The van der Waals surface area contributed by atoms with E-state index in [-0.39, 0.29) is 0 Å². The molecule has 1 aliphatic heterocycles.